The summed E-state index contributed by atoms with van der Waals surface area (Å²) in [4.78, 5) is 29.0. The number of carbonyl (C=O) groups is 1. The van der Waals surface area contributed by atoms with E-state index in [9.17, 15) is 14.9 Å². The highest BCUT2D eigenvalue weighted by Crippen LogP contribution is 2.23. The van der Waals surface area contributed by atoms with Gasteiger partial charge < -0.3 is 14.4 Å². The standard InChI is InChI=1S/C20H17N3O5/c24-20-18(21-19(28-20)15-2-1-3-17(13-15)23(25)26)12-14-4-6-16(7-5-14)22-8-10-27-11-9-22/h1-7,12-13H,8-11H2/b18-12-. The Morgan fingerprint density at radius 2 is 1.86 bits per heavy atom. The van der Waals surface area contributed by atoms with Gasteiger partial charge in [0, 0.05) is 36.5 Å². The van der Waals surface area contributed by atoms with Crippen LogP contribution in [0.2, 0.25) is 0 Å². The fourth-order valence-corrected chi connectivity index (χ4v) is 3.05. The Labute approximate surface area is 160 Å². The van der Waals surface area contributed by atoms with Crippen LogP contribution >= 0.6 is 0 Å². The van der Waals surface area contributed by atoms with Gasteiger partial charge in [-0.1, -0.05) is 18.2 Å². The van der Waals surface area contributed by atoms with E-state index in [1.165, 1.54) is 18.2 Å². The number of cyclic esters (lactones) is 1. The van der Waals surface area contributed by atoms with Crippen molar-refractivity contribution in [2.24, 2.45) is 4.99 Å². The molecule has 8 heteroatoms. The lowest BCUT2D eigenvalue weighted by Gasteiger charge is -2.28. The van der Waals surface area contributed by atoms with Crippen LogP contribution in [0.3, 0.4) is 0 Å². The molecule has 2 aromatic rings. The molecule has 28 heavy (non-hydrogen) atoms. The molecule has 1 saturated heterocycles. The van der Waals surface area contributed by atoms with Crippen molar-refractivity contribution in [1.82, 2.24) is 0 Å². The zero-order valence-corrected chi connectivity index (χ0v) is 14.9. The molecule has 0 bridgehead atoms. The number of carbonyl (C=O) groups excluding carboxylic acids is 1. The third-order valence-electron chi connectivity index (χ3n) is 4.50. The Morgan fingerprint density at radius 1 is 1.11 bits per heavy atom. The summed E-state index contributed by atoms with van der Waals surface area (Å²) < 4.78 is 10.5. The zero-order valence-electron chi connectivity index (χ0n) is 14.9. The van der Waals surface area contributed by atoms with E-state index in [1.54, 1.807) is 12.1 Å². The van der Waals surface area contributed by atoms with Crippen molar-refractivity contribution >= 4 is 29.3 Å². The minimum absolute atomic E-state index is 0.0601. The first-order valence-corrected chi connectivity index (χ1v) is 8.80. The highest BCUT2D eigenvalue weighted by atomic mass is 16.6. The molecule has 0 amide bonds. The normalized spacial score (nSPS) is 18.1. The van der Waals surface area contributed by atoms with Crippen LogP contribution in [0.15, 0.2) is 59.2 Å². The van der Waals surface area contributed by atoms with E-state index in [4.69, 9.17) is 9.47 Å². The van der Waals surface area contributed by atoms with Gasteiger partial charge in [0.1, 0.15) is 0 Å². The number of rotatable bonds is 4. The molecule has 2 aliphatic rings. The lowest BCUT2D eigenvalue weighted by atomic mass is 10.1. The summed E-state index contributed by atoms with van der Waals surface area (Å²) in [7, 11) is 0. The van der Waals surface area contributed by atoms with Crippen LogP contribution in [0.4, 0.5) is 11.4 Å². The van der Waals surface area contributed by atoms with E-state index in [2.05, 4.69) is 9.89 Å². The number of hydrogen-bond donors (Lipinski definition) is 0. The van der Waals surface area contributed by atoms with E-state index in [0.29, 0.717) is 18.8 Å². The number of anilines is 1. The molecule has 142 valence electrons. The second-order valence-corrected chi connectivity index (χ2v) is 6.33. The van der Waals surface area contributed by atoms with Gasteiger partial charge in [-0.15, -0.1) is 0 Å². The maximum absolute atomic E-state index is 12.1. The van der Waals surface area contributed by atoms with E-state index in [0.717, 1.165) is 24.3 Å². The van der Waals surface area contributed by atoms with Gasteiger partial charge in [-0.25, -0.2) is 9.79 Å². The number of esters is 1. The molecule has 2 aliphatic heterocycles. The molecule has 2 heterocycles. The molecule has 0 N–H and O–H groups in total. The van der Waals surface area contributed by atoms with Crippen LogP contribution in [-0.4, -0.2) is 43.1 Å². The molecule has 0 aliphatic carbocycles. The Morgan fingerprint density at radius 3 is 2.57 bits per heavy atom. The number of nitrogens with zero attached hydrogens (tertiary/aromatic N) is 3. The first-order valence-electron chi connectivity index (χ1n) is 8.80. The van der Waals surface area contributed by atoms with Crippen molar-refractivity contribution in [3.63, 3.8) is 0 Å². The lowest BCUT2D eigenvalue weighted by molar-refractivity contribution is -0.384. The van der Waals surface area contributed by atoms with Crippen LogP contribution in [0.1, 0.15) is 11.1 Å². The summed E-state index contributed by atoms with van der Waals surface area (Å²) in [6.45, 7) is 3.13. The molecule has 8 nitrogen and oxygen atoms in total. The van der Waals surface area contributed by atoms with Gasteiger partial charge in [0.15, 0.2) is 5.70 Å². The minimum atomic E-state index is -0.584. The zero-order chi connectivity index (χ0) is 19.5. The number of nitro benzene ring substituents is 1. The van der Waals surface area contributed by atoms with Crippen LogP contribution in [0.25, 0.3) is 6.08 Å². The average molecular weight is 379 g/mol. The molecule has 2 aromatic carbocycles. The van der Waals surface area contributed by atoms with Crippen molar-refractivity contribution in [2.75, 3.05) is 31.2 Å². The van der Waals surface area contributed by atoms with Crippen LogP contribution in [0, 0.1) is 10.1 Å². The molecule has 0 saturated carbocycles. The van der Waals surface area contributed by atoms with Crippen molar-refractivity contribution in [1.29, 1.82) is 0 Å². The molecular formula is C20H17N3O5. The maximum atomic E-state index is 12.1. The average Bonchev–Trinajstić information content (AvgIpc) is 3.10. The molecule has 0 atom stereocenters. The third kappa shape index (κ3) is 3.77. The Hall–Kier alpha value is -3.52. The SMILES string of the molecule is O=C1OC(c2cccc([N+](=O)[O-])c2)=N/C1=C\c1ccc(N2CCOCC2)cc1. The number of ether oxygens (including phenoxy) is 2. The minimum Gasteiger partial charge on any atom is -0.402 e. The molecule has 0 spiro atoms. The number of benzene rings is 2. The number of aliphatic imine (C=N–C) groups is 1. The van der Waals surface area contributed by atoms with Gasteiger partial charge in [-0.05, 0) is 29.8 Å². The summed E-state index contributed by atoms with van der Waals surface area (Å²) in [5.41, 5.74) is 2.36. The van der Waals surface area contributed by atoms with Gasteiger partial charge in [0.2, 0.25) is 5.90 Å². The Kier molecular flexibility index (Phi) is 4.86. The summed E-state index contributed by atoms with van der Waals surface area (Å²) >= 11 is 0. The fraction of sp³-hybridized carbons (Fsp3) is 0.200. The topological polar surface area (TPSA) is 94.3 Å². The monoisotopic (exact) mass is 379 g/mol. The van der Waals surface area contributed by atoms with E-state index in [1.807, 2.05) is 24.3 Å². The van der Waals surface area contributed by atoms with Gasteiger partial charge in [-0.3, -0.25) is 10.1 Å². The predicted molar refractivity (Wildman–Crippen MR) is 103 cm³/mol. The fourth-order valence-electron chi connectivity index (χ4n) is 3.05. The Balaban J connectivity index is 1.55. The molecular weight excluding hydrogens is 362 g/mol. The van der Waals surface area contributed by atoms with Gasteiger partial charge in [0.25, 0.3) is 5.69 Å². The molecule has 0 unspecified atom stereocenters. The molecule has 0 aromatic heterocycles. The largest absolute Gasteiger partial charge is 0.402 e. The quantitative estimate of drug-likeness (QED) is 0.351. The highest BCUT2D eigenvalue weighted by molar-refractivity contribution is 6.13. The van der Waals surface area contributed by atoms with Crippen molar-refractivity contribution in [2.45, 2.75) is 0 Å². The van der Waals surface area contributed by atoms with Crippen LogP contribution in [-0.2, 0) is 14.3 Å². The van der Waals surface area contributed by atoms with E-state index < -0.39 is 10.9 Å². The van der Waals surface area contributed by atoms with E-state index in [-0.39, 0.29) is 17.3 Å². The number of morpholine rings is 1. The summed E-state index contributed by atoms with van der Waals surface area (Å²) in [6, 6.07) is 13.6. The second kappa shape index (κ2) is 7.61. The number of nitro groups is 1. The summed E-state index contributed by atoms with van der Waals surface area (Å²) in [6.07, 6.45) is 1.63. The van der Waals surface area contributed by atoms with Crippen LogP contribution in [0.5, 0.6) is 0 Å². The molecule has 4 rings (SSSR count). The maximum Gasteiger partial charge on any atom is 0.363 e. The second-order valence-electron chi connectivity index (χ2n) is 6.33. The smallest absolute Gasteiger partial charge is 0.363 e. The molecule has 0 radical (unpaired) electrons. The first kappa shape index (κ1) is 17.9. The predicted octanol–water partition coefficient (Wildman–Crippen LogP) is 2.78. The van der Waals surface area contributed by atoms with Gasteiger partial charge in [-0.2, -0.15) is 0 Å². The van der Waals surface area contributed by atoms with Crippen LogP contribution < -0.4 is 4.90 Å². The van der Waals surface area contributed by atoms with Gasteiger partial charge >= 0.3 is 5.97 Å². The van der Waals surface area contributed by atoms with Crippen molar-refractivity contribution < 1.29 is 19.2 Å². The Bertz CT molecular complexity index is 976. The lowest BCUT2D eigenvalue weighted by Crippen LogP contribution is -2.36. The third-order valence-corrected chi connectivity index (χ3v) is 4.50. The molecule has 1 fully saturated rings. The number of non-ortho nitro benzene ring substituents is 1. The summed E-state index contributed by atoms with van der Waals surface area (Å²) in [5.74, 6) is -0.524. The summed E-state index contributed by atoms with van der Waals surface area (Å²) in [5, 5.41) is 10.9. The highest BCUT2D eigenvalue weighted by Gasteiger charge is 2.25. The van der Waals surface area contributed by atoms with E-state index >= 15 is 0 Å². The number of hydrogen-bond acceptors (Lipinski definition) is 7. The first-order chi connectivity index (χ1) is 13.6. The van der Waals surface area contributed by atoms with Crippen molar-refractivity contribution in [3.05, 3.63) is 75.5 Å². The van der Waals surface area contributed by atoms with Crippen molar-refractivity contribution in [3.8, 4) is 0 Å². The van der Waals surface area contributed by atoms with Gasteiger partial charge in [0.05, 0.1) is 18.1 Å².